The lowest BCUT2D eigenvalue weighted by Crippen LogP contribution is -2.34. The quantitative estimate of drug-likeness (QED) is 0.541. The topological polar surface area (TPSA) is 111 Å². The van der Waals surface area contributed by atoms with Crippen LogP contribution in [0.15, 0.2) is 40.7 Å². The number of nitrogens with one attached hydrogen (secondary N) is 1. The van der Waals surface area contributed by atoms with Crippen LogP contribution in [0.3, 0.4) is 0 Å². The molecule has 0 spiro atoms. The van der Waals surface area contributed by atoms with Gasteiger partial charge in [-0.2, -0.15) is 0 Å². The number of rotatable bonds is 9. The summed E-state index contributed by atoms with van der Waals surface area (Å²) in [6.45, 7) is 4.14. The zero-order chi connectivity index (χ0) is 21.6. The Morgan fingerprint density at radius 3 is 2.52 bits per heavy atom. The summed E-state index contributed by atoms with van der Waals surface area (Å²) in [5, 5.41) is 13.1. The van der Waals surface area contributed by atoms with Crippen LogP contribution in [0.2, 0.25) is 0 Å². The molecule has 0 amide bonds. The van der Waals surface area contributed by atoms with Gasteiger partial charge in [-0.15, -0.1) is 0 Å². The van der Waals surface area contributed by atoms with Gasteiger partial charge < -0.3 is 25.6 Å². The Bertz CT molecular complexity index is 847. The molecular formula is C21H27FN2O5. The first-order chi connectivity index (χ1) is 13.9. The molecule has 4 N–H and O–H groups in total. The van der Waals surface area contributed by atoms with E-state index in [0.29, 0.717) is 29.8 Å². The Morgan fingerprint density at radius 1 is 1.24 bits per heavy atom. The molecule has 8 heteroatoms. The van der Waals surface area contributed by atoms with E-state index in [1.165, 1.54) is 25.3 Å². The van der Waals surface area contributed by atoms with Crippen LogP contribution >= 0.6 is 0 Å². The van der Waals surface area contributed by atoms with Gasteiger partial charge in [0.05, 0.1) is 30.8 Å². The summed E-state index contributed by atoms with van der Waals surface area (Å²) in [5.41, 5.74) is 7.18. The van der Waals surface area contributed by atoms with Gasteiger partial charge in [-0.1, -0.05) is 19.9 Å². The molecule has 158 valence electrons. The van der Waals surface area contributed by atoms with Crippen LogP contribution in [0.4, 0.5) is 4.39 Å². The van der Waals surface area contributed by atoms with E-state index in [9.17, 15) is 19.1 Å². The van der Waals surface area contributed by atoms with E-state index in [1.807, 2.05) is 13.8 Å². The molecule has 7 nitrogen and oxygen atoms in total. The van der Waals surface area contributed by atoms with Crippen LogP contribution in [0.25, 0.3) is 0 Å². The maximum Gasteiger partial charge on any atom is 0.336 e. The number of carbonyl (C=O) groups is 2. The number of benzene rings is 1. The first kappa shape index (κ1) is 22.4. The number of halogens is 1. The number of esters is 1. The zero-order valence-corrected chi connectivity index (χ0v) is 16.9. The Hall–Kier alpha value is -2.87. The van der Waals surface area contributed by atoms with Gasteiger partial charge in [0, 0.05) is 29.4 Å². The van der Waals surface area contributed by atoms with Crippen LogP contribution < -0.4 is 15.8 Å². The summed E-state index contributed by atoms with van der Waals surface area (Å²) < 4.78 is 24.4. The normalized spacial score (nSPS) is 16.5. The molecular weight excluding hydrogens is 379 g/mol. The largest absolute Gasteiger partial charge is 0.496 e. The predicted octanol–water partition coefficient (Wildman–Crippen LogP) is 2.83. The fourth-order valence-electron chi connectivity index (χ4n) is 3.43. The van der Waals surface area contributed by atoms with Crippen molar-refractivity contribution in [2.24, 2.45) is 5.73 Å². The van der Waals surface area contributed by atoms with E-state index < -0.39 is 23.7 Å². The third kappa shape index (κ3) is 4.76. The lowest BCUT2D eigenvalue weighted by Gasteiger charge is -2.32. The Kier molecular flexibility index (Phi) is 7.78. The van der Waals surface area contributed by atoms with Gasteiger partial charge in [0.15, 0.2) is 0 Å². The number of aliphatic carboxylic acids is 1. The predicted molar refractivity (Wildman–Crippen MR) is 106 cm³/mol. The highest BCUT2D eigenvalue weighted by Gasteiger charge is 2.40. The van der Waals surface area contributed by atoms with Gasteiger partial charge in [0.1, 0.15) is 11.6 Å². The van der Waals surface area contributed by atoms with E-state index in [1.54, 1.807) is 0 Å². The minimum absolute atomic E-state index is 0.0268. The molecule has 29 heavy (non-hydrogen) atoms. The zero-order valence-electron chi connectivity index (χ0n) is 16.9. The summed E-state index contributed by atoms with van der Waals surface area (Å²) in [6.07, 6.45) is 1.35. The first-order valence-electron chi connectivity index (χ1n) is 9.56. The highest BCUT2D eigenvalue weighted by Crippen LogP contribution is 2.43. The van der Waals surface area contributed by atoms with Crippen LogP contribution in [0.5, 0.6) is 5.75 Å². The number of ether oxygens (including phenoxy) is 2. The summed E-state index contributed by atoms with van der Waals surface area (Å²) in [4.78, 5) is 25.2. The molecule has 0 saturated heterocycles. The Morgan fingerprint density at radius 2 is 1.97 bits per heavy atom. The SMILES string of the molecule is CCCOC(=O)C1=C(CC)NC(CCN)=C(C(=O)O)C1c1ccc(F)cc1OC. The third-order valence-corrected chi connectivity index (χ3v) is 4.67. The second-order valence-corrected chi connectivity index (χ2v) is 6.56. The van der Waals surface area contributed by atoms with Crippen molar-refractivity contribution < 1.29 is 28.6 Å². The van der Waals surface area contributed by atoms with Crippen molar-refractivity contribution in [1.82, 2.24) is 5.32 Å². The number of allylic oxidation sites excluding steroid dienone is 1. The number of dihydropyridines is 1. The number of hydrogen-bond donors (Lipinski definition) is 3. The molecule has 0 saturated carbocycles. The van der Waals surface area contributed by atoms with Gasteiger partial charge >= 0.3 is 11.9 Å². The number of carboxylic acid groups (broad SMARTS) is 1. The number of methoxy groups -OCH3 is 1. The average Bonchev–Trinajstić information content (AvgIpc) is 2.70. The molecule has 0 radical (unpaired) electrons. The monoisotopic (exact) mass is 406 g/mol. The number of nitrogens with two attached hydrogens (primary N) is 1. The lowest BCUT2D eigenvalue weighted by atomic mass is 9.78. The van der Waals surface area contributed by atoms with Crippen molar-refractivity contribution in [3.63, 3.8) is 0 Å². The van der Waals surface area contributed by atoms with Crippen LogP contribution in [0, 0.1) is 5.82 Å². The van der Waals surface area contributed by atoms with Crippen molar-refractivity contribution in [3.05, 3.63) is 52.1 Å². The first-order valence-corrected chi connectivity index (χ1v) is 9.56. The molecule has 1 unspecified atom stereocenters. The smallest absolute Gasteiger partial charge is 0.336 e. The molecule has 1 aromatic rings. The van der Waals surface area contributed by atoms with Gasteiger partial charge in [-0.05, 0) is 25.5 Å². The van der Waals surface area contributed by atoms with Crippen LogP contribution in [-0.2, 0) is 14.3 Å². The maximum absolute atomic E-state index is 13.8. The molecule has 0 aromatic heterocycles. The van der Waals surface area contributed by atoms with E-state index in [2.05, 4.69) is 5.32 Å². The number of carbonyl (C=O) groups excluding carboxylic acids is 1. The minimum Gasteiger partial charge on any atom is -0.496 e. The fraction of sp³-hybridized carbons (Fsp3) is 0.429. The number of hydrogen-bond acceptors (Lipinski definition) is 6. The summed E-state index contributed by atoms with van der Waals surface area (Å²) >= 11 is 0. The molecule has 0 aliphatic carbocycles. The van der Waals surface area contributed by atoms with E-state index in [-0.39, 0.29) is 36.5 Å². The molecule has 1 aliphatic heterocycles. The average molecular weight is 406 g/mol. The van der Waals surface area contributed by atoms with Gasteiger partial charge in [-0.3, -0.25) is 0 Å². The van der Waals surface area contributed by atoms with Crippen LogP contribution in [-0.4, -0.2) is 37.3 Å². The van der Waals surface area contributed by atoms with E-state index in [0.717, 1.165) is 0 Å². The maximum atomic E-state index is 13.8. The van der Waals surface area contributed by atoms with E-state index in [4.69, 9.17) is 15.2 Å². The highest BCUT2D eigenvalue weighted by atomic mass is 19.1. The van der Waals surface area contributed by atoms with E-state index >= 15 is 0 Å². The molecule has 1 aliphatic rings. The Labute approximate surface area is 169 Å². The third-order valence-electron chi connectivity index (χ3n) is 4.67. The van der Waals surface area contributed by atoms with Crippen LogP contribution in [0.1, 0.15) is 44.6 Å². The van der Waals surface area contributed by atoms with Crippen molar-refractivity contribution in [2.75, 3.05) is 20.3 Å². The molecule has 2 rings (SSSR count). The van der Waals surface area contributed by atoms with Gasteiger partial charge in [0.25, 0.3) is 0 Å². The van der Waals surface area contributed by atoms with Crippen molar-refractivity contribution >= 4 is 11.9 Å². The summed E-state index contributed by atoms with van der Waals surface area (Å²) in [5.74, 6) is -3.17. The number of carboxylic acids is 1. The molecule has 1 atom stereocenters. The lowest BCUT2D eigenvalue weighted by molar-refractivity contribution is -0.139. The molecule has 1 heterocycles. The van der Waals surface area contributed by atoms with Crippen molar-refractivity contribution in [3.8, 4) is 5.75 Å². The van der Waals surface area contributed by atoms with Crippen molar-refractivity contribution in [2.45, 2.75) is 39.0 Å². The highest BCUT2D eigenvalue weighted by molar-refractivity contribution is 5.99. The summed E-state index contributed by atoms with van der Waals surface area (Å²) in [7, 11) is 1.36. The standard InChI is InChI=1S/C21H27FN2O5/c1-4-10-29-21(27)19-14(5-2)24-15(8-9-23)18(20(25)26)17(19)13-7-6-12(22)11-16(13)28-3/h6-7,11,17,24H,4-5,8-10,23H2,1-3H3,(H,25,26). The fourth-order valence-corrected chi connectivity index (χ4v) is 3.43. The minimum atomic E-state index is -1.20. The molecule has 0 fully saturated rings. The second kappa shape index (κ2) is 10.1. The molecule has 1 aromatic carbocycles. The van der Waals surface area contributed by atoms with Gasteiger partial charge in [0.2, 0.25) is 0 Å². The second-order valence-electron chi connectivity index (χ2n) is 6.56. The molecule has 0 bridgehead atoms. The van der Waals surface area contributed by atoms with Crippen molar-refractivity contribution in [1.29, 1.82) is 0 Å². The summed E-state index contributed by atoms with van der Waals surface area (Å²) in [6, 6.07) is 3.82. The Balaban J connectivity index is 2.78. The van der Waals surface area contributed by atoms with Gasteiger partial charge in [-0.25, -0.2) is 14.0 Å².